The second-order valence-electron chi connectivity index (χ2n) is 4.09. The summed E-state index contributed by atoms with van der Waals surface area (Å²) in [4.78, 5) is 8.96. The molecule has 0 spiro atoms. The number of hydrazine groups is 1. The summed E-state index contributed by atoms with van der Waals surface area (Å²) < 4.78 is 1.97. The van der Waals surface area contributed by atoms with E-state index >= 15 is 0 Å². The van der Waals surface area contributed by atoms with E-state index in [4.69, 9.17) is 5.84 Å². The van der Waals surface area contributed by atoms with Crippen molar-refractivity contribution in [2.75, 3.05) is 5.43 Å². The Hall–Kier alpha value is -0.980. The lowest BCUT2D eigenvalue weighted by Gasteiger charge is -2.08. The average Bonchev–Trinajstić information content (AvgIpc) is 2.42. The molecule has 0 aliphatic rings. The third kappa shape index (κ3) is 3.52. The Morgan fingerprint density at radius 3 is 2.58 bits per heavy atom. The van der Waals surface area contributed by atoms with Gasteiger partial charge in [0, 0.05) is 26.3 Å². The number of nitrogens with zero attached hydrogens (tertiary/aromatic N) is 2. The van der Waals surface area contributed by atoms with E-state index in [1.54, 1.807) is 0 Å². The molecule has 1 aromatic carbocycles. The normalized spacial score (nSPS) is 10.5. The van der Waals surface area contributed by atoms with Crippen molar-refractivity contribution in [2.45, 2.75) is 19.8 Å². The van der Waals surface area contributed by atoms with E-state index in [0.29, 0.717) is 11.6 Å². The Labute approximate surface area is 129 Å². The van der Waals surface area contributed by atoms with Crippen LogP contribution in [0, 0.1) is 0 Å². The van der Waals surface area contributed by atoms with Crippen molar-refractivity contribution in [1.82, 2.24) is 9.97 Å². The summed E-state index contributed by atoms with van der Waals surface area (Å²) in [5.74, 6) is 6.76. The predicted octanol–water partition coefficient (Wildman–Crippen LogP) is 3.91. The quantitative estimate of drug-likeness (QED) is 0.618. The van der Waals surface area contributed by atoms with Gasteiger partial charge in [-0.3, -0.25) is 0 Å². The van der Waals surface area contributed by atoms with Crippen molar-refractivity contribution < 1.29 is 0 Å². The van der Waals surface area contributed by atoms with Crippen LogP contribution in [-0.4, -0.2) is 9.97 Å². The number of halogens is 2. The Morgan fingerprint density at radius 2 is 1.95 bits per heavy atom. The minimum atomic E-state index is 0.632. The smallest absolute Gasteiger partial charge is 0.161 e. The Morgan fingerprint density at radius 1 is 1.16 bits per heavy atom. The zero-order valence-corrected chi connectivity index (χ0v) is 13.6. The summed E-state index contributed by atoms with van der Waals surface area (Å²) in [7, 11) is 0. The number of rotatable bonds is 4. The van der Waals surface area contributed by atoms with Gasteiger partial charge in [-0.15, -0.1) is 0 Å². The van der Waals surface area contributed by atoms with Gasteiger partial charge in [-0.1, -0.05) is 13.3 Å². The van der Waals surface area contributed by atoms with E-state index < -0.39 is 0 Å². The van der Waals surface area contributed by atoms with Crippen LogP contribution in [0.25, 0.3) is 11.4 Å². The summed E-state index contributed by atoms with van der Waals surface area (Å²) in [5, 5.41) is 0. The minimum absolute atomic E-state index is 0.632. The molecule has 0 bridgehead atoms. The number of nitrogens with two attached hydrogens (primary N) is 1. The maximum absolute atomic E-state index is 5.46. The molecule has 0 aliphatic heterocycles. The van der Waals surface area contributed by atoms with E-state index in [-0.39, 0.29) is 0 Å². The molecule has 100 valence electrons. The summed E-state index contributed by atoms with van der Waals surface area (Å²) >= 11 is 6.93. The van der Waals surface area contributed by atoms with Gasteiger partial charge in [0.2, 0.25) is 0 Å². The number of hydrogen-bond acceptors (Lipinski definition) is 4. The molecule has 0 atom stereocenters. The van der Waals surface area contributed by atoms with Crippen molar-refractivity contribution in [1.29, 1.82) is 0 Å². The molecule has 19 heavy (non-hydrogen) atoms. The third-order valence-electron chi connectivity index (χ3n) is 2.61. The van der Waals surface area contributed by atoms with E-state index in [1.807, 2.05) is 24.3 Å². The van der Waals surface area contributed by atoms with Crippen molar-refractivity contribution in [2.24, 2.45) is 5.84 Å². The highest BCUT2D eigenvalue weighted by Crippen LogP contribution is 2.28. The van der Waals surface area contributed by atoms with Gasteiger partial charge in [-0.2, -0.15) is 0 Å². The van der Waals surface area contributed by atoms with Crippen LogP contribution in [0.2, 0.25) is 0 Å². The fraction of sp³-hybridized carbons (Fsp3) is 0.231. The van der Waals surface area contributed by atoms with Crippen molar-refractivity contribution in [3.8, 4) is 11.4 Å². The van der Waals surface area contributed by atoms with Crippen molar-refractivity contribution in [3.63, 3.8) is 0 Å². The van der Waals surface area contributed by atoms with E-state index in [1.165, 1.54) is 0 Å². The lowest BCUT2D eigenvalue weighted by atomic mass is 10.2. The maximum atomic E-state index is 5.46. The molecule has 0 aliphatic carbocycles. The first-order valence-corrected chi connectivity index (χ1v) is 7.52. The largest absolute Gasteiger partial charge is 0.308 e. The number of hydrogen-bond donors (Lipinski definition) is 2. The van der Waals surface area contributed by atoms with E-state index in [0.717, 1.165) is 33.0 Å². The van der Waals surface area contributed by atoms with Crippen LogP contribution < -0.4 is 11.3 Å². The summed E-state index contributed by atoms with van der Waals surface area (Å²) in [6.07, 6.45) is 1.94. The molecule has 2 aromatic rings. The first-order chi connectivity index (χ1) is 9.13. The molecule has 6 heteroatoms. The van der Waals surface area contributed by atoms with Crippen LogP contribution >= 0.6 is 31.9 Å². The van der Waals surface area contributed by atoms with Crippen LogP contribution in [0.4, 0.5) is 5.82 Å². The number of anilines is 1. The van der Waals surface area contributed by atoms with Crippen LogP contribution in [0.3, 0.4) is 0 Å². The fourth-order valence-corrected chi connectivity index (χ4v) is 2.35. The van der Waals surface area contributed by atoms with E-state index in [9.17, 15) is 0 Å². The number of aryl methyl sites for hydroxylation is 1. The molecule has 0 unspecified atom stereocenters. The summed E-state index contributed by atoms with van der Waals surface area (Å²) in [6.45, 7) is 2.12. The predicted molar refractivity (Wildman–Crippen MR) is 84.7 cm³/mol. The SMILES string of the molecule is CCCc1cc(NN)nc(-c2ccc(Br)c(Br)c2)n1. The van der Waals surface area contributed by atoms with Gasteiger partial charge >= 0.3 is 0 Å². The molecule has 0 saturated heterocycles. The van der Waals surface area contributed by atoms with Gasteiger partial charge in [0.25, 0.3) is 0 Å². The number of nitrogens with one attached hydrogen (secondary N) is 1. The molecule has 0 fully saturated rings. The molecule has 0 amide bonds. The van der Waals surface area contributed by atoms with Gasteiger partial charge in [-0.25, -0.2) is 15.8 Å². The zero-order chi connectivity index (χ0) is 13.8. The Balaban J connectivity index is 2.47. The van der Waals surface area contributed by atoms with Crippen LogP contribution in [0.15, 0.2) is 33.2 Å². The lowest BCUT2D eigenvalue weighted by Crippen LogP contribution is -2.10. The maximum Gasteiger partial charge on any atom is 0.161 e. The standard InChI is InChI=1S/C13H14Br2N4/c1-2-3-9-7-12(19-16)18-13(17-9)8-4-5-10(14)11(15)6-8/h4-7H,2-3,16H2,1H3,(H,17,18,19). The monoisotopic (exact) mass is 384 g/mol. The molecular formula is C13H14Br2N4. The van der Waals surface area contributed by atoms with Crippen LogP contribution in [-0.2, 0) is 6.42 Å². The van der Waals surface area contributed by atoms with Gasteiger partial charge in [0.05, 0.1) is 0 Å². The highest BCUT2D eigenvalue weighted by molar-refractivity contribution is 9.13. The molecule has 0 radical (unpaired) electrons. The van der Waals surface area contributed by atoms with Crippen molar-refractivity contribution in [3.05, 3.63) is 38.9 Å². The van der Waals surface area contributed by atoms with Gasteiger partial charge in [-0.05, 0) is 56.5 Å². The Kier molecular flexibility index (Phi) is 4.90. The molecular weight excluding hydrogens is 372 g/mol. The first kappa shape index (κ1) is 14.4. The summed E-state index contributed by atoms with van der Waals surface area (Å²) in [5.41, 5.74) is 4.52. The van der Waals surface area contributed by atoms with Crippen LogP contribution in [0.5, 0.6) is 0 Å². The third-order valence-corrected chi connectivity index (χ3v) is 4.49. The zero-order valence-electron chi connectivity index (χ0n) is 10.5. The average molecular weight is 386 g/mol. The van der Waals surface area contributed by atoms with Gasteiger partial charge < -0.3 is 5.43 Å². The van der Waals surface area contributed by atoms with Crippen LogP contribution in [0.1, 0.15) is 19.0 Å². The molecule has 0 saturated carbocycles. The van der Waals surface area contributed by atoms with E-state index in [2.05, 4.69) is 54.2 Å². The second-order valence-corrected chi connectivity index (χ2v) is 5.80. The number of benzene rings is 1. The van der Waals surface area contributed by atoms with Gasteiger partial charge in [0.1, 0.15) is 5.82 Å². The second kappa shape index (κ2) is 6.45. The highest BCUT2D eigenvalue weighted by atomic mass is 79.9. The van der Waals surface area contributed by atoms with Gasteiger partial charge in [0.15, 0.2) is 5.82 Å². The Bertz CT molecular complexity index is 587. The fourth-order valence-electron chi connectivity index (χ4n) is 1.72. The molecule has 2 rings (SSSR count). The number of aromatic nitrogens is 2. The summed E-state index contributed by atoms with van der Waals surface area (Å²) in [6, 6.07) is 7.79. The number of nitrogen functional groups attached to an aromatic ring is 1. The topological polar surface area (TPSA) is 63.8 Å². The van der Waals surface area contributed by atoms with Crippen molar-refractivity contribution >= 4 is 37.7 Å². The highest BCUT2D eigenvalue weighted by Gasteiger charge is 2.08. The molecule has 4 nitrogen and oxygen atoms in total. The molecule has 1 heterocycles. The lowest BCUT2D eigenvalue weighted by molar-refractivity contribution is 0.875. The molecule has 1 aromatic heterocycles. The minimum Gasteiger partial charge on any atom is -0.308 e. The molecule has 3 N–H and O–H groups in total. The first-order valence-electron chi connectivity index (χ1n) is 5.94.